The predicted molar refractivity (Wildman–Crippen MR) is 127 cm³/mol. The van der Waals surface area contributed by atoms with Gasteiger partial charge in [-0.2, -0.15) is 0 Å². The van der Waals surface area contributed by atoms with E-state index >= 15 is 0 Å². The SMILES string of the molecule is CC(C)C[C@H](N[C@@H](Cc1cn(Cc2cc(Cl)cc(Cl)c2)c2ccccc12)C(=O)O)C(=O)O. The maximum atomic E-state index is 12.0. The number of aromatic nitrogens is 1. The van der Waals surface area contributed by atoms with Gasteiger partial charge in [-0.25, -0.2) is 0 Å². The van der Waals surface area contributed by atoms with Crippen LogP contribution in [0.1, 0.15) is 31.4 Å². The molecule has 3 N–H and O–H groups in total. The van der Waals surface area contributed by atoms with Gasteiger partial charge in [-0.1, -0.05) is 55.2 Å². The van der Waals surface area contributed by atoms with Gasteiger partial charge in [0, 0.05) is 40.1 Å². The Hall–Kier alpha value is -2.54. The fourth-order valence-corrected chi connectivity index (χ4v) is 4.48. The normalized spacial score (nSPS) is 13.4. The molecule has 32 heavy (non-hydrogen) atoms. The molecule has 0 spiro atoms. The molecule has 3 rings (SSSR count). The third-order valence-electron chi connectivity index (χ3n) is 5.28. The van der Waals surface area contributed by atoms with Crippen LogP contribution in [0, 0.1) is 5.92 Å². The number of aliphatic carboxylic acids is 2. The quantitative estimate of drug-likeness (QED) is 0.379. The van der Waals surface area contributed by atoms with E-state index in [2.05, 4.69) is 5.32 Å². The summed E-state index contributed by atoms with van der Waals surface area (Å²) in [4.78, 5) is 23.6. The number of fused-ring (bicyclic) bond motifs is 1. The Morgan fingerprint density at radius 2 is 1.62 bits per heavy atom. The first-order valence-corrected chi connectivity index (χ1v) is 11.1. The van der Waals surface area contributed by atoms with E-state index in [1.165, 1.54) is 0 Å². The first kappa shape index (κ1) is 24.1. The van der Waals surface area contributed by atoms with Crippen LogP contribution in [-0.2, 0) is 22.6 Å². The molecule has 6 nitrogen and oxygen atoms in total. The number of carboxylic acids is 2. The van der Waals surface area contributed by atoms with Crippen LogP contribution in [0.3, 0.4) is 0 Å². The van der Waals surface area contributed by atoms with Gasteiger partial charge in [-0.15, -0.1) is 0 Å². The number of para-hydroxylation sites is 1. The van der Waals surface area contributed by atoms with E-state index in [4.69, 9.17) is 23.2 Å². The first-order valence-electron chi connectivity index (χ1n) is 10.4. The summed E-state index contributed by atoms with van der Waals surface area (Å²) in [5.41, 5.74) is 2.69. The predicted octanol–water partition coefficient (Wildman–Crippen LogP) is 5.08. The van der Waals surface area contributed by atoms with Crippen molar-refractivity contribution < 1.29 is 19.8 Å². The maximum Gasteiger partial charge on any atom is 0.321 e. The fourth-order valence-electron chi connectivity index (χ4n) is 3.91. The standard InChI is InChI=1S/C24H26Cl2N2O4/c1-14(2)7-20(23(29)30)27-21(24(31)32)10-16-13-28(22-6-4-3-5-19(16)22)12-15-8-17(25)11-18(26)9-15/h3-6,8-9,11,13-14,20-21,27H,7,10,12H2,1-2H3,(H,29,30)(H,31,32)/t20-,21-/m0/s1. The van der Waals surface area contributed by atoms with Crippen LogP contribution >= 0.6 is 23.2 Å². The van der Waals surface area contributed by atoms with E-state index in [-0.39, 0.29) is 12.3 Å². The van der Waals surface area contributed by atoms with Crippen LogP contribution < -0.4 is 5.32 Å². The molecule has 0 amide bonds. The van der Waals surface area contributed by atoms with Crippen LogP contribution in [0.5, 0.6) is 0 Å². The lowest BCUT2D eigenvalue weighted by Gasteiger charge is -2.21. The Morgan fingerprint density at radius 1 is 1.00 bits per heavy atom. The van der Waals surface area contributed by atoms with Crippen molar-refractivity contribution >= 4 is 46.0 Å². The van der Waals surface area contributed by atoms with E-state index in [9.17, 15) is 19.8 Å². The van der Waals surface area contributed by atoms with Crippen molar-refractivity contribution in [3.05, 3.63) is 69.8 Å². The van der Waals surface area contributed by atoms with Crippen LogP contribution in [0.4, 0.5) is 0 Å². The van der Waals surface area contributed by atoms with Crippen molar-refractivity contribution in [1.29, 1.82) is 0 Å². The summed E-state index contributed by atoms with van der Waals surface area (Å²) in [6, 6.07) is 11.1. The van der Waals surface area contributed by atoms with E-state index in [0.717, 1.165) is 22.0 Å². The molecular formula is C24H26Cl2N2O4. The molecule has 0 saturated carbocycles. The molecule has 0 radical (unpaired) electrons. The summed E-state index contributed by atoms with van der Waals surface area (Å²) in [7, 11) is 0. The molecular weight excluding hydrogens is 451 g/mol. The Kier molecular flexibility index (Phi) is 7.82. The Labute approximate surface area is 196 Å². The van der Waals surface area contributed by atoms with Crippen molar-refractivity contribution in [3.8, 4) is 0 Å². The highest BCUT2D eigenvalue weighted by molar-refractivity contribution is 6.34. The molecule has 1 aromatic heterocycles. The minimum atomic E-state index is -1.08. The lowest BCUT2D eigenvalue weighted by Crippen LogP contribution is -2.48. The second-order valence-electron chi connectivity index (χ2n) is 8.36. The summed E-state index contributed by atoms with van der Waals surface area (Å²) < 4.78 is 2.02. The summed E-state index contributed by atoms with van der Waals surface area (Å²) in [6.45, 7) is 4.32. The van der Waals surface area contributed by atoms with Crippen LogP contribution in [0.25, 0.3) is 10.9 Å². The highest BCUT2D eigenvalue weighted by Gasteiger charge is 2.27. The molecule has 2 atom stereocenters. The molecule has 2 aromatic carbocycles. The summed E-state index contributed by atoms with van der Waals surface area (Å²) >= 11 is 12.3. The smallest absolute Gasteiger partial charge is 0.321 e. The Balaban J connectivity index is 1.92. The molecule has 0 bridgehead atoms. The van der Waals surface area contributed by atoms with Crippen LogP contribution in [0.2, 0.25) is 10.0 Å². The van der Waals surface area contributed by atoms with E-state index < -0.39 is 24.0 Å². The Morgan fingerprint density at radius 3 is 2.22 bits per heavy atom. The van der Waals surface area contributed by atoms with Crippen LogP contribution in [-0.4, -0.2) is 38.8 Å². The van der Waals surface area contributed by atoms with Crippen molar-refractivity contribution in [1.82, 2.24) is 9.88 Å². The highest BCUT2D eigenvalue weighted by atomic mass is 35.5. The first-order chi connectivity index (χ1) is 15.1. The summed E-state index contributed by atoms with van der Waals surface area (Å²) in [5, 5.41) is 24.1. The molecule has 0 saturated heterocycles. The van der Waals surface area contributed by atoms with Gasteiger partial charge in [-0.3, -0.25) is 14.9 Å². The number of nitrogens with one attached hydrogen (secondary N) is 1. The molecule has 3 aromatic rings. The van der Waals surface area contributed by atoms with Gasteiger partial charge < -0.3 is 14.8 Å². The van der Waals surface area contributed by atoms with Crippen molar-refractivity contribution in [2.45, 2.75) is 45.3 Å². The van der Waals surface area contributed by atoms with Gasteiger partial charge in [0.1, 0.15) is 12.1 Å². The van der Waals surface area contributed by atoms with E-state index in [1.807, 2.05) is 61.0 Å². The second-order valence-corrected chi connectivity index (χ2v) is 9.23. The zero-order chi connectivity index (χ0) is 23.4. The fraction of sp³-hybridized carbons (Fsp3) is 0.333. The van der Waals surface area contributed by atoms with E-state index in [0.29, 0.717) is 23.0 Å². The molecule has 0 aliphatic heterocycles. The molecule has 170 valence electrons. The minimum absolute atomic E-state index is 0.115. The summed E-state index contributed by atoms with van der Waals surface area (Å²) in [6.07, 6.45) is 2.41. The third kappa shape index (κ3) is 6.03. The number of hydrogen-bond donors (Lipinski definition) is 3. The molecule has 1 heterocycles. The zero-order valence-electron chi connectivity index (χ0n) is 17.9. The van der Waals surface area contributed by atoms with Gasteiger partial charge in [0.25, 0.3) is 0 Å². The number of rotatable bonds is 10. The summed E-state index contributed by atoms with van der Waals surface area (Å²) in [5.74, 6) is -2.02. The number of halogens is 2. The van der Waals surface area contributed by atoms with Crippen molar-refractivity contribution in [2.75, 3.05) is 0 Å². The van der Waals surface area contributed by atoms with Crippen molar-refractivity contribution in [3.63, 3.8) is 0 Å². The number of carbonyl (C=O) groups is 2. The minimum Gasteiger partial charge on any atom is -0.480 e. The van der Waals surface area contributed by atoms with Crippen molar-refractivity contribution in [2.24, 2.45) is 5.92 Å². The van der Waals surface area contributed by atoms with Gasteiger partial charge in [0.15, 0.2) is 0 Å². The monoisotopic (exact) mass is 476 g/mol. The Bertz CT molecular complexity index is 1110. The largest absolute Gasteiger partial charge is 0.480 e. The lowest BCUT2D eigenvalue weighted by atomic mass is 10.0. The topological polar surface area (TPSA) is 91.6 Å². The average Bonchev–Trinajstić information content (AvgIpc) is 3.03. The molecule has 8 heteroatoms. The highest BCUT2D eigenvalue weighted by Crippen LogP contribution is 2.26. The van der Waals surface area contributed by atoms with Gasteiger partial charge in [0.05, 0.1) is 0 Å². The molecule has 0 fully saturated rings. The van der Waals surface area contributed by atoms with E-state index in [1.54, 1.807) is 6.07 Å². The zero-order valence-corrected chi connectivity index (χ0v) is 19.4. The average molecular weight is 477 g/mol. The number of benzene rings is 2. The molecule has 0 aliphatic rings. The number of carboxylic acid groups (broad SMARTS) is 2. The van der Waals surface area contributed by atoms with Gasteiger partial charge in [0.2, 0.25) is 0 Å². The molecule has 0 aliphatic carbocycles. The number of nitrogens with zero attached hydrogens (tertiary/aromatic N) is 1. The van der Waals surface area contributed by atoms with Crippen LogP contribution in [0.15, 0.2) is 48.7 Å². The lowest BCUT2D eigenvalue weighted by molar-refractivity contribution is -0.142. The second kappa shape index (κ2) is 10.4. The van der Waals surface area contributed by atoms with Gasteiger partial charge >= 0.3 is 11.9 Å². The maximum absolute atomic E-state index is 12.0. The number of hydrogen-bond acceptors (Lipinski definition) is 3. The third-order valence-corrected chi connectivity index (χ3v) is 5.71. The van der Waals surface area contributed by atoms with Gasteiger partial charge in [-0.05, 0) is 47.7 Å². The molecule has 0 unspecified atom stereocenters.